The van der Waals surface area contributed by atoms with E-state index in [2.05, 4.69) is 63.3 Å². The summed E-state index contributed by atoms with van der Waals surface area (Å²) in [5.41, 5.74) is 3.74. The number of pyridine rings is 2. The van der Waals surface area contributed by atoms with E-state index < -0.39 is 41.5 Å². The first-order chi connectivity index (χ1) is 38.6. The Balaban J connectivity index is 0.776. The number of alkyl halides is 3. The SMILES string of the molecule is Cc1nc2c(F)cc(-c3nc(Nc4ccc5c(n4)CCN(CCN(C)Cc4nc(Nc6ccc7c(n6)CCN(CCN6CCN(C)CC6)C7)nc(-c6cc(F)c7nc(C)n(C(C)(C)C)c7c6)c4F)C5)ncc3F)cc2n1CC(F)(F)F. The van der Waals surface area contributed by atoms with Crippen LogP contribution in [0.25, 0.3) is 44.6 Å². The molecule has 24 heteroatoms. The molecule has 3 aliphatic heterocycles. The van der Waals surface area contributed by atoms with Crippen LogP contribution in [-0.4, -0.2) is 159 Å². The summed E-state index contributed by atoms with van der Waals surface area (Å²) in [6.07, 6.45) is -2.33. The normalized spacial score (nSPS) is 16.0. The Kier molecular flexibility index (Phi) is 15.3. The van der Waals surface area contributed by atoms with Gasteiger partial charge in [-0.15, -0.1) is 0 Å². The number of halogens is 7. The van der Waals surface area contributed by atoms with E-state index in [1.54, 1.807) is 12.1 Å². The summed E-state index contributed by atoms with van der Waals surface area (Å²) in [4.78, 5) is 47.7. The van der Waals surface area contributed by atoms with Crippen LogP contribution in [0.3, 0.4) is 0 Å². The van der Waals surface area contributed by atoms with Crippen molar-refractivity contribution in [1.29, 1.82) is 0 Å². The standard InChI is InChI=1S/C57H64F7N17/c1-33-66-52-39(58)24-37(26-45(52)80(33)32-57(62,63)64)50-41(60)28-65-54(73-50)71-47-10-8-35-29-78(14-12-42(35)68-47)21-18-76(7)31-44-49(61)51(38-25-40(59)53-46(27-38)81(34(2)67-53)56(3,4)5)74-55(70-44)72-48-11-9-36-30-79(15-13-43(36)69-48)23-22-77-19-16-75(6)17-20-77/h8-11,24-28H,12-23,29-32H2,1-7H3,(H,65,68,71,73)(H,69,70,72,74). The Morgan fingerprint density at radius 3 is 1.81 bits per heavy atom. The second kappa shape index (κ2) is 22.2. The highest BCUT2D eigenvalue weighted by Gasteiger charge is 2.31. The zero-order chi connectivity index (χ0) is 57.1. The van der Waals surface area contributed by atoms with Gasteiger partial charge in [0.05, 0.1) is 22.9 Å². The van der Waals surface area contributed by atoms with E-state index in [1.807, 2.05) is 56.3 Å². The van der Waals surface area contributed by atoms with Crippen LogP contribution in [0.1, 0.15) is 60.6 Å². The van der Waals surface area contributed by atoms with Gasteiger partial charge >= 0.3 is 6.18 Å². The van der Waals surface area contributed by atoms with E-state index in [0.29, 0.717) is 55.6 Å². The summed E-state index contributed by atoms with van der Waals surface area (Å²) in [7, 11) is 4.06. The van der Waals surface area contributed by atoms with Gasteiger partial charge < -0.3 is 24.7 Å². The fourth-order valence-electron chi connectivity index (χ4n) is 11.2. The molecular weight excluding hydrogens is 1060 g/mol. The first-order valence-electron chi connectivity index (χ1n) is 27.2. The van der Waals surface area contributed by atoms with Crippen molar-refractivity contribution in [3.8, 4) is 22.5 Å². The molecule has 3 aliphatic rings. The van der Waals surface area contributed by atoms with Gasteiger partial charge in [-0.05, 0) is 96.2 Å². The number of aromatic nitrogens is 10. The monoisotopic (exact) mass is 1120 g/mol. The van der Waals surface area contributed by atoms with Gasteiger partial charge in [-0.25, -0.2) is 57.4 Å². The quantitative estimate of drug-likeness (QED) is 0.0938. The van der Waals surface area contributed by atoms with E-state index in [4.69, 9.17) is 19.9 Å². The lowest BCUT2D eigenvalue weighted by molar-refractivity contribution is -0.140. The van der Waals surface area contributed by atoms with Gasteiger partial charge in [-0.3, -0.25) is 19.6 Å². The van der Waals surface area contributed by atoms with Crippen molar-refractivity contribution in [2.45, 2.75) is 85.4 Å². The van der Waals surface area contributed by atoms with Crippen LogP contribution in [-0.2, 0) is 44.6 Å². The number of anilines is 4. The zero-order valence-electron chi connectivity index (χ0n) is 46.4. The molecule has 0 aliphatic carbocycles. The van der Waals surface area contributed by atoms with Gasteiger partial charge in [0.15, 0.2) is 23.3 Å². The third-order valence-corrected chi connectivity index (χ3v) is 15.4. The van der Waals surface area contributed by atoms with Crippen LogP contribution in [0.5, 0.6) is 0 Å². The molecule has 1 fully saturated rings. The van der Waals surface area contributed by atoms with Gasteiger partial charge in [0.1, 0.15) is 52.3 Å². The molecule has 0 radical (unpaired) electrons. The molecule has 0 bridgehead atoms. The molecule has 2 aromatic carbocycles. The first-order valence-corrected chi connectivity index (χ1v) is 27.2. The number of nitrogens with zero attached hydrogens (tertiary/aromatic N) is 15. The maximum Gasteiger partial charge on any atom is 0.406 e. The summed E-state index contributed by atoms with van der Waals surface area (Å²) in [6, 6.07) is 12.9. The van der Waals surface area contributed by atoms with Crippen LogP contribution < -0.4 is 10.6 Å². The molecule has 0 spiro atoms. The number of benzene rings is 2. The van der Waals surface area contributed by atoms with Crippen molar-refractivity contribution in [2.75, 3.05) is 90.2 Å². The third kappa shape index (κ3) is 12.2. The Morgan fingerprint density at radius 1 is 0.605 bits per heavy atom. The number of nitrogens with one attached hydrogen (secondary N) is 2. The Morgan fingerprint density at radius 2 is 1.17 bits per heavy atom. The molecule has 0 atom stereocenters. The van der Waals surface area contributed by atoms with Crippen molar-refractivity contribution in [2.24, 2.45) is 0 Å². The smallest absolute Gasteiger partial charge is 0.323 e. The Bertz CT molecular complexity index is 3660. The second-order valence-corrected chi connectivity index (χ2v) is 22.5. The largest absolute Gasteiger partial charge is 0.406 e. The molecule has 0 amide bonds. The summed E-state index contributed by atoms with van der Waals surface area (Å²) in [5.74, 6) is -1.51. The Hall–Kier alpha value is -7.25. The molecule has 426 valence electrons. The van der Waals surface area contributed by atoms with Crippen LogP contribution in [0.2, 0.25) is 0 Å². The maximum atomic E-state index is 17.1. The molecule has 6 aromatic heterocycles. The van der Waals surface area contributed by atoms with Gasteiger partial charge in [-0.1, -0.05) is 12.1 Å². The first kappa shape index (κ1) is 55.6. The highest BCUT2D eigenvalue weighted by molar-refractivity contribution is 5.84. The maximum absolute atomic E-state index is 17.1. The average Bonchev–Trinajstić information content (AvgIpc) is 3.95. The number of fused-ring (bicyclic) bond motifs is 4. The minimum atomic E-state index is -4.60. The predicted molar refractivity (Wildman–Crippen MR) is 295 cm³/mol. The molecule has 9 heterocycles. The number of imidazole rings is 2. The number of hydrogen-bond acceptors (Lipinski definition) is 15. The van der Waals surface area contributed by atoms with Crippen LogP contribution in [0.15, 0.2) is 54.7 Å². The summed E-state index contributed by atoms with van der Waals surface area (Å²) in [5, 5.41) is 6.27. The van der Waals surface area contributed by atoms with Crippen LogP contribution in [0.4, 0.5) is 54.3 Å². The van der Waals surface area contributed by atoms with Crippen molar-refractivity contribution >= 4 is 45.6 Å². The van der Waals surface area contributed by atoms with E-state index >= 15 is 17.6 Å². The van der Waals surface area contributed by atoms with Crippen molar-refractivity contribution in [3.05, 3.63) is 118 Å². The van der Waals surface area contributed by atoms with Gasteiger partial charge in [-0.2, -0.15) is 13.2 Å². The van der Waals surface area contributed by atoms with Gasteiger partial charge in [0.25, 0.3) is 0 Å². The van der Waals surface area contributed by atoms with Crippen molar-refractivity contribution in [3.63, 3.8) is 0 Å². The molecule has 11 rings (SSSR count). The van der Waals surface area contributed by atoms with Crippen molar-refractivity contribution in [1.82, 2.24) is 73.5 Å². The molecule has 0 unspecified atom stereocenters. The minimum Gasteiger partial charge on any atom is -0.323 e. The fraction of sp³-hybridized carbons (Fsp3) is 0.439. The van der Waals surface area contributed by atoms with E-state index in [-0.39, 0.29) is 69.0 Å². The molecule has 8 aromatic rings. The number of aryl methyl sites for hydroxylation is 2. The number of hydrogen-bond donors (Lipinski definition) is 2. The van der Waals surface area contributed by atoms with E-state index in [1.165, 1.54) is 19.1 Å². The lowest BCUT2D eigenvalue weighted by atomic mass is 10.1. The number of likely N-dealkylation sites (N-methyl/N-ethyl adjacent to an activating group) is 2. The highest BCUT2D eigenvalue weighted by Crippen LogP contribution is 2.35. The predicted octanol–water partition coefficient (Wildman–Crippen LogP) is 9.16. The zero-order valence-corrected chi connectivity index (χ0v) is 46.4. The lowest BCUT2D eigenvalue weighted by Crippen LogP contribution is -2.47. The number of rotatable bonds is 15. The second-order valence-electron chi connectivity index (χ2n) is 22.5. The summed E-state index contributed by atoms with van der Waals surface area (Å²) >= 11 is 0. The summed E-state index contributed by atoms with van der Waals surface area (Å²) < 4.78 is 107. The minimum absolute atomic E-state index is 0.0465. The molecule has 81 heavy (non-hydrogen) atoms. The molecule has 2 N–H and O–H groups in total. The molecular formula is C57H64F7N17. The lowest BCUT2D eigenvalue weighted by Gasteiger charge is -2.35. The summed E-state index contributed by atoms with van der Waals surface area (Å²) in [6.45, 7) is 18.4. The van der Waals surface area contributed by atoms with E-state index in [9.17, 15) is 13.2 Å². The van der Waals surface area contributed by atoms with Crippen LogP contribution >= 0.6 is 0 Å². The average molecular weight is 1120 g/mol. The topological polar surface area (TPSA) is 153 Å². The highest BCUT2D eigenvalue weighted by atomic mass is 19.4. The molecule has 17 nitrogen and oxygen atoms in total. The van der Waals surface area contributed by atoms with Crippen molar-refractivity contribution < 1.29 is 30.7 Å². The van der Waals surface area contributed by atoms with Gasteiger partial charge in [0, 0.05) is 126 Å². The van der Waals surface area contributed by atoms with Gasteiger partial charge in [0.2, 0.25) is 11.9 Å². The third-order valence-electron chi connectivity index (χ3n) is 15.4. The number of piperazine rings is 1. The van der Waals surface area contributed by atoms with Crippen LogP contribution in [0, 0.1) is 37.1 Å². The Labute approximate surface area is 464 Å². The molecule has 1 saturated heterocycles. The fourth-order valence-corrected chi connectivity index (χ4v) is 11.2. The molecule has 0 saturated carbocycles. The van der Waals surface area contributed by atoms with E-state index in [0.717, 1.165) is 98.1 Å².